The number of rotatable bonds is 10. The second-order valence-electron chi connectivity index (χ2n) is 4.75. The van der Waals surface area contributed by atoms with Gasteiger partial charge in [-0.2, -0.15) is 11.8 Å². The standard InChI is InChI=1S/C13H28N2OS/c1-4-12(7-8-14)5-6-13(16)15-9-11(2)10-17-3/h11-12H,4-10,14H2,1-3H3,(H,15,16). The molecule has 3 N–H and O–H groups in total. The number of nitrogens with one attached hydrogen (secondary N) is 1. The van der Waals surface area contributed by atoms with Crippen LogP contribution in [0.3, 0.4) is 0 Å². The van der Waals surface area contributed by atoms with Crippen LogP contribution >= 0.6 is 11.8 Å². The Kier molecular flexibility index (Phi) is 10.8. The van der Waals surface area contributed by atoms with Gasteiger partial charge in [-0.25, -0.2) is 0 Å². The maximum absolute atomic E-state index is 11.6. The van der Waals surface area contributed by atoms with Crippen LogP contribution in [0.15, 0.2) is 0 Å². The van der Waals surface area contributed by atoms with E-state index in [-0.39, 0.29) is 5.91 Å². The summed E-state index contributed by atoms with van der Waals surface area (Å²) in [4.78, 5) is 11.6. The van der Waals surface area contributed by atoms with Crippen LogP contribution in [0.1, 0.15) is 39.5 Å². The zero-order valence-electron chi connectivity index (χ0n) is 11.5. The van der Waals surface area contributed by atoms with E-state index in [2.05, 4.69) is 25.4 Å². The Labute approximate surface area is 110 Å². The summed E-state index contributed by atoms with van der Waals surface area (Å²) >= 11 is 1.82. The average Bonchev–Trinajstić information content (AvgIpc) is 2.32. The highest BCUT2D eigenvalue weighted by atomic mass is 32.2. The first-order chi connectivity index (χ1) is 8.13. The predicted molar refractivity (Wildman–Crippen MR) is 77.2 cm³/mol. The molecule has 0 spiro atoms. The number of carbonyl (C=O) groups excluding carboxylic acids is 1. The Bertz CT molecular complexity index is 200. The summed E-state index contributed by atoms with van der Waals surface area (Å²) < 4.78 is 0. The van der Waals surface area contributed by atoms with Crippen molar-refractivity contribution in [1.82, 2.24) is 5.32 Å². The molecule has 0 aromatic heterocycles. The van der Waals surface area contributed by atoms with Gasteiger partial charge in [0, 0.05) is 13.0 Å². The van der Waals surface area contributed by atoms with Gasteiger partial charge in [0.1, 0.15) is 0 Å². The summed E-state index contributed by atoms with van der Waals surface area (Å²) in [6.07, 6.45) is 5.86. The molecule has 0 bridgehead atoms. The van der Waals surface area contributed by atoms with Crippen molar-refractivity contribution in [2.24, 2.45) is 17.6 Å². The number of hydrogen-bond acceptors (Lipinski definition) is 3. The second-order valence-corrected chi connectivity index (χ2v) is 5.67. The molecule has 102 valence electrons. The number of thioether (sulfide) groups is 1. The summed E-state index contributed by atoms with van der Waals surface area (Å²) in [6, 6.07) is 0. The van der Waals surface area contributed by atoms with E-state index in [0.29, 0.717) is 18.3 Å². The number of hydrogen-bond donors (Lipinski definition) is 2. The summed E-state index contributed by atoms with van der Waals surface area (Å²) in [5.41, 5.74) is 5.54. The molecule has 0 saturated heterocycles. The normalized spacial score (nSPS) is 14.4. The highest BCUT2D eigenvalue weighted by Gasteiger charge is 2.09. The molecule has 0 aromatic rings. The van der Waals surface area contributed by atoms with Crippen molar-refractivity contribution in [2.75, 3.05) is 25.1 Å². The van der Waals surface area contributed by atoms with Crippen LogP contribution in [-0.2, 0) is 4.79 Å². The van der Waals surface area contributed by atoms with E-state index in [1.54, 1.807) is 0 Å². The number of nitrogens with two attached hydrogens (primary N) is 1. The summed E-state index contributed by atoms with van der Waals surface area (Å²) in [6.45, 7) is 5.86. The van der Waals surface area contributed by atoms with E-state index in [4.69, 9.17) is 5.73 Å². The fourth-order valence-corrected chi connectivity index (χ4v) is 2.53. The number of amides is 1. The van der Waals surface area contributed by atoms with Gasteiger partial charge in [-0.1, -0.05) is 20.3 Å². The van der Waals surface area contributed by atoms with Crippen molar-refractivity contribution in [3.63, 3.8) is 0 Å². The van der Waals surface area contributed by atoms with E-state index in [1.165, 1.54) is 0 Å². The maximum Gasteiger partial charge on any atom is 0.220 e. The van der Waals surface area contributed by atoms with Gasteiger partial charge >= 0.3 is 0 Å². The molecule has 0 rings (SSSR count). The third-order valence-corrected chi connectivity index (χ3v) is 3.93. The van der Waals surface area contributed by atoms with Crippen LogP contribution in [0.4, 0.5) is 0 Å². The molecule has 17 heavy (non-hydrogen) atoms. The van der Waals surface area contributed by atoms with Crippen molar-refractivity contribution in [2.45, 2.75) is 39.5 Å². The average molecular weight is 260 g/mol. The first-order valence-corrected chi connectivity index (χ1v) is 7.99. The smallest absolute Gasteiger partial charge is 0.220 e. The van der Waals surface area contributed by atoms with Crippen LogP contribution in [0, 0.1) is 11.8 Å². The first kappa shape index (κ1) is 16.8. The van der Waals surface area contributed by atoms with Gasteiger partial charge in [-0.3, -0.25) is 4.79 Å². The Hall–Kier alpha value is -0.220. The lowest BCUT2D eigenvalue weighted by Gasteiger charge is -2.14. The minimum atomic E-state index is 0.188. The summed E-state index contributed by atoms with van der Waals surface area (Å²) in [5.74, 6) is 2.45. The maximum atomic E-state index is 11.6. The van der Waals surface area contributed by atoms with E-state index >= 15 is 0 Å². The molecule has 0 radical (unpaired) electrons. The molecule has 1 amide bonds. The lowest BCUT2D eigenvalue weighted by Crippen LogP contribution is -2.29. The van der Waals surface area contributed by atoms with Crippen LogP contribution in [0.2, 0.25) is 0 Å². The second kappa shape index (κ2) is 10.9. The van der Waals surface area contributed by atoms with Crippen molar-refractivity contribution in [3.05, 3.63) is 0 Å². The molecule has 0 fully saturated rings. The summed E-state index contributed by atoms with van der Waals surface area (Å²) in [5, 5.41) is 3.01. The largest absolute Gasteiger partial charge is 0.356 e. The third kappa shape index (κ3) is 9.48. The third-order valence-electron chi connectivity index (χ3n) is 3.03. The quantitative estimate of drug-likeness (QED) is 0.633. The molecule has 0 saturated carbocycles. The van der Waals surface area contributed by atoms with Gasteiger partial charge in [0.05, 0.1) is 0 Å². The molecule has 0 aliphatic heterocycles. The van der Waals surface area contributed by atoms with Gasteiger partial charge in [0.25, 0.3) is 0 Å². The first-order valence-electron chi connectivity index (χ1n) is 6.59. The van der Waals surface area contributed by atoms with Crippen LogP contribution in [0.5, 0.6) is 0 Å². The molecule has 3 nitrogen and oxygen atoms in total. The van der Waals surface area contributed by atoms with Crippen LogP contribution in [-0.4, -0.2) is 31.0 Å². The van der Waals surface area contributed by atoms with Gasteiger partial charge in [-0.05, 0) is 43.2 Å². The van der Waals surface area contributed by atoms with E-state index in [0.717, 1.165) is 38.1 Å². The van der Waals surface area contributed by atoms with E-state index in [1.807, 2.05) is 11.8 Å². The monoisotopic (exact) mass is 260 g/mol. The molecule has 0 aliphatic carbocycles. The van der Waals surface area contributed by atoms with Crippen molar-refractivity contribution < 1.29 is 4.79 Å². The van der Waals surface area contributed by atoms with Crippen molar-refractivity contribution >= 4 is 17.7 Å². The van der Waals surface area contributed by atoms with Gasteiger partial charge in [0.15, 0.2) is 0 Å². The Morgan fingerprint density at radius 1 is 1.41 bits per heavy atom. The molecule has 2 unspecified atom stereocenters. The highest BCUT2D eigenvalue weighted by Crippen LogP contribution is 2.14. The Morgan fingerprint density at radius 2 is 2.12 bits per heavy atom. The minimum Gasteiger partial charge on any atom is -0.356 e. The minimum absolute atomic E-state index is 0.188. The fourth-order valence-electron chi connectivity index (χ4n) is 1.84. The fraction of sp³-hybridized carbons (Fsp3) is 0.923. The van der Waals surface area contributed by atoms with Crippen molar-refractivity contribution in [1.29, 1.82) is 0 Å². The number of carbonyl (C=O) groups is 1. The molecular weight excluding hydrogens is 232 g/mol. The SMILES string of the molecule is CCC(CCN)CCC(=O)NCC(C)CSC. The topological polar surface area (TPSA) is 55.1 Å². The molecular formula is C13H28N2OS. The molecule has 0 aliphatic rings. The van der Waals surface area contributed by atoms with Gasteiger partial charge in [-0.15, -0.1) is 0 Å². The molecule has 0 aromatic carbocycles. The predicted octanol–water partition coefficient (Wildman–Crippen LogP) is 2.26. The highest BCUT2D eigenvalue weighted by molar-refractivity contribution is 7.98. The summed E-state index contributed by atoms with van der Waals surface area (Å²) in [7, 11) is 0. The van der Waals surface area contributed by atoms with E-state index in [9.17, 15) is 4.79 Å². The van der Waals surface area contributed by atoms with Gasteiger partial charge < -0.3 is 11.1 Å². The van der Waals surface area contributed by atoms with Gasteiger partial charge in [0.2, 0.25) is 5.91 Å². The molecule has 2 atom stereocenters. The zero-order chi connectivity index (χ0) is 13.1. The van der Waals surface area contributed by atoms with Crippen molar-refractivity contribution in [3.8, 4) is 0 Å². The van der Waals surface area contributed by atoms with Crippen LogP contribution < -0.4 is 11.1 Å². The lowest BCUT2D eigenvalue weighted by atomic mass is 9.96. The molecule has 4 heteroatoms. The Balaban J connectivity index is 3.64. The molecule has 0 heterocycles. The van der Waals surface area contributed by atoms with Crippen LogP contribution in [0.25, 0.3) is 0 Å². The lowest BCUT2D eigenvalue weighted by molar-refractivity contribution is -0.121. The van der Waals surface area contributed by atoms with E-state index < -0.39 is 0 Å². The zero-order valence-corrected chi connectivity index (χ0v) is 12.3. The Morgan fingerprint density at radius 3 is 2.65 bits per heavy atom.